The number of benzene rings is 3. The average Bonchev–Trinajstić information content (AvgIpc) is 3.16. The Balaban J connectivity index is 1.69. The summed E-state index contributed by atoms with van der Waals surface area (Å²) in [5, 5.41) is 12.8. The van der Waals surface area contributed by atoms with Gasteiger partial charge in [-0.1, -0.05) is 23.7 Å². The number of ether oxygens (including phenoxy) is 1. The van der Waals surface area contributed by atoms with E-state index in [9.17, 15) is 23.1 Å². The van der Waals surface area contributed by atoms with E-state index in [-0.39, 0.29) is 19.6 Å². The first-order valence-corrected chi connectivity index (χ1v) is 11.0. The van der Waals surface area contributed by atoms with Crippen LogP contribution in [-0.2, 0) is 11.7 Å². The van der Waals surface area contributed by atoms with E-state index in [4.69, 9.17) is 16.3 Å². The number of hydrogen-bond donors (Lipinski definition) is 2. The van der Waals surface area contributed by atoms with Gasteiger partial charge >= 0.3 is 12.2 Å². The van der Waals surface area contributed by atoms with E-state index >= 15 is 0 Å². The van der Waals surface area contributed by atoms with Crippen LogP contribution in [0.3, 0.4) is 0 Å². The molecule has 4 rings (SSSR count). The maximum atomic E-state index is 13.4. The zero-order chi connectivity index (χ0) is 24.3. The van der Waals surface area contributed by atoms with Crippen molar-refractivity contribution in [1.82, 2.24) is 5.32 Å². The molecule has 2 N–H and O–H groups in total. The van der Waals surface area contributed by atoms with Gasteiger partial charge in [-0.25, -0.2) is 4.79 Å². The van der Waals surface area contributed by atoms with Crippen molar-refractivity contribution in [3.63, 3.8) is 0 Å². The van der Waals surface area contributed by atoms with Crippen molar-refractivity contribution in [2.75, 3.05) is 18.1 Å². The molecule has 0 spiro atoms. The second kappa shape index (κ2) is 9.56. The van der Waals surface area contributed by atoms with Crippen LogP contribution in [0.4, 0.5) is 23.7 Å². The minimum atomic E-state index is -4.52. The Morgan fingerprint density at radius 3 is 2.29 bits per heavy atom. The van der Waals surface area contributed by atoms with Gasteiger partial charge in [0.1, 0.15) is 11.5 Å². The number of amides is 2. The standard InChI is InChI=1S/C25H22ClF3N2O3/c26-19-5-9-21(10-6-19)34-22-11-7-20(8-12-22)31-23(33)30-16-24(31,13-2-14-32)17-3-1-4-18(15-17)25(27,28)29/h1,3-12,15,32H,2,13-14,16H2,(H,30,33)/t24-/m1/s1. The lowest BCUT2D eigenvalue weighted by atomic mass is 9.83. The first-order valence-electron chi connectivity index (χ1n) is 10.6. The largest absolute Gasteiger partial charge is 0.457 e. The summed E-state index contributed by atoms with van der Waals surface area (Å²) in [4.78, 5) is 14.4. The molecule has 0 saturated carbocycles. The highest BCUT2D eigenvalue weighted by atomic mass is 35.5. The van der Waals surface area contributed by atoms with Crippen molar-refractivity contribution in [3.05, 3.63) is 88.9 Å². The van der Waals surface area contributed by atoms with Crippen molar-refractivity contribution in [3.8, 4) is 11.5 Å². The van der Waals surface area contributed by atoms with Crippen LogP contribution in [-0.4, -0.2) is 24.3 Å². The molecule has 0 unspecified atom stereocenters. The topological polar surface area (TPSA) is 61.8 Å². The summed E-state index contributed by atoms with van der Waals surface area (Å²) in [6.07, 6.45) is -3.94. The zero-order valence-corrected chi connectivity index (χ0v) is 18.7. The molecule has 3 aromatic rings. The molecule has 1 fully saturated rings. The molecule has 9 heteroatoms. The summed E-state index contributed by atoms with van der Waals surface area (Å²) in [6, 6.07) is 18.1. The second-order valence-electron chi connectivity index (χ2n) is 7.98. The number of anilines is 1. The highest BCUT2D eigenvalue weighted by Gasteiger charge is 2.48. The van der Waals surface area contributed by atoms with Crippen molar-refractivity contribution >= 4 is 23.3 Å². The van der Waals surface area contributed by atoms with Crippen LogP contribution in [0.25, 0.3) is 0 Å². The third-order valence-corrected chi connectivity index (χ3v) is 6.04. The Morgan fingerprint density at radius 2 is 1.68 bits per heavy atom. The number of hydrogen-bond acceptors (Lipinski definition) is 3. The average molecular weight is 491 g/mol. The van der Waals surface area contributed by atoms with Crippen LogP contribution in [0.1, 0.15) is 24.0 Å². The number of alkyl halides is 3. The van der Waals surface area contributed by atoms with Gasteiger partial charge in [0, 0.05) is 23.9 Å². The Hall–Kier alpha value is -3.23. The first kappa shape index (κ1) is 23.9. The number of aliphatic hydroxyl groups excluding tert-OH is 1. The van der Waals surface area contributed by atoms with E-state index in [1.54, 1.807) is 54.6 Å². The Morgan fingerprint density at radius 1 is 1.03 bits per heavy atom. The number of urea groups is 1. The minimum Gasteiger partial charge on any atom is -0.457 e. The highest BCUT2D eigenvalue weighted by Crippen LogP contribution is 2.42. The molecule has 2 amide bonds. The number of nitrogens with zero attached hydrogens (tertiary/aromatic N) is 1. The van der Waals surface area contributed by atoms with Gasteiger partial charge < -0.3 is 15.2 Å². The Bertz CT molecular complexity index is 1150. The van der Waals surface area contributed by atoms with Crippen molar-refractivity contribution in [2.24, 2.45) is 0 Å². The Kier molecular flexibility index (Phi) is 6.72. The monoisotopic (exact) mass is 490 g/mol. The fourth-order valence-electron chi connectivity index (χ4n) is 4.17. The van der Waals surface area contributed by atoms with E-state index in [2.05, 4.69) is 5.32 Å². The number of aliphatic hydroxyl groups is 1. The van der Waals surface area contributed by atoms with Crippen LogP contribution >= 0.6 is 11.6 Å². The summed E-state index contributed by atoms with van der Waals surface area (Å²) in [6.45, 7) is -0.0488. The maximum Gasteiger partial charge on any atom is 0.416 e. The van der Waals surface area contributed by atoms with Gasteiger partial charge in [-0.3, -0.25) is 4.90 Å². The van der Waals surface area contributed by atoms with E-state index in [1.807, 2.05) is 0 Å². The molecule has 3 aromatic carbocycles. The molecular formula is C25H22ClF3N2O3. The van der Waals surface area contributed by atoms with Gasteiger partial charge in [0.05, 0.1) is 11.1 Å². The summed E-state index contributed by atoms with van der Waals surface area (Å²) in [5.41, 5.74) is -1.05. The molecule has 0 aliphatic carbocycles. The molecule has 1 heterocycles. The number of carbonyl (C=O) groups excluding carboxylic acids is 1. The SMILES string of the molecule is O=C1NC[C@](CCCO)(c2cccc(C(F)(F)F)c2)N1c1ccc(Oc2ccc(Cl)cc2)cc1. The summed E-state index contributed by atoms with van der Waals surface area (Å²) in [5.74, 6) is 1.10. The predicted octanol–water partition coefficient (Wildman–Crippen LogP) is 6.35. The third-order valence-electron chi connectivity index (χ3n) is 5.78. The number of halogens is 4. The van der Waals surface area contributed by atoms with Crippen LogP contribution in [0.2, 0.25) is 5.02 Å². The normalized spacial score (nSPS) is 18.1. The van der Waals surface area contributed by atoms with Gasteiger partial charge in [0.15, 0.2) is 0 Å². The quantitative estimate of drug-likeness (QED) is 0.406. The Labute approximate surface area is 199 Å². The van der Waals surface area contributed by atoms with Crippen LogP contribution in [0.15, 0.2) is 72.8 Å². The lowest BCUT2D eigenvalue weighted by Crippen LogP contribution is -2.45. The zero-order valence-electron chi connectivity index (χ0n) is 18.0. The van der Waals surface area contributed by atoms with Gasteiger partial charge in [0.2, 0.25) is 0 Å². The van der Waals surface area contributed by atoms with Crippen LogP contribution < -0.4 is 15.0 Å². The molecular weight excluding hydrogens is 469 g/mol. The number of carbonyl (C=O) groups is 1. The van der Waals surface area contributed by atoms with E-state index in [0.29, 0.717) is 34.2 Å². The molecule has 1 atom stereocenters. The molecule has 0 bridgehead atoms. The molecule has 34 heavy (non-hydrogen) atoms. The van der Waals surface area contributed by atoms with E-state index < -0.39 is 23.3 Å². The van der Waals surface area contributed by atoms with Crippen molar-refractivity contribution in [1.29, 1.82) is 0 Å². The van der Waals surface area contributed by atoms with Gasteiger partial charge in [-0.05, 0) is 79.1 Å². The number of nitrogens with one attached hydrogen (secondary N) is 1. The van der Waals surface area contributed by atoms with Gasteiger partial charge in [0.25, 0.3) is 0 Å². The maximum absolute atomic E-state index is 13.4. The molecule has 0 radical (unpaired) electrons. The van der Waals surface area contributed by atoms with Gasteiger partial charge in [-0.15, -0.1) is 0 Å². The molecule has 5 nitrogen and oxygen atoms in total. The third kappa shape index (κ3) is 4.83. The summed E-state index contributed by atoms with van der Waals surface area (Å²) < 4.78 is 46.0. The van der Waals surface area contributed by atoms with Crippen molar-refractivity contribution in [2.45, 2.75) is 24.6 Å². The van der Waals surface area contributed by atoms with E-state index in [0.717, 1.165) is 12.1 Å². The number of rotatable bonds is 7. The van der Waals surface area contributed by atoms with Gasteiger partial charge in [-0.2, -0.15) is 13.2 Å². The summed E-state index contributed by atoms with van der Waals surface area (Å²) >= 11 is 5.89. The second-order valence-corrected chi connectivity index (χ2v) is 8.42. The lowest BCUT2D eigenvalue weighted by molar-refractivity contribution is -0.137. The molecule has 1 saturated heterocycles. The highest BCUT2D eigenvalue weighted by molar-refractivity contribution is 6.30. The summed E-state index contributed by atoms with van der Waals surface area (Å²) in [7, 11) is 0. The molecule has 1 aliphatic rings. The fraction of sp³-hybridized carbons (Fsp3) is 0.240. The molecule has 178 valence electrons. The van der Waals surface area contributed by atoms with Crippen LogP contribution in [0, 0.1) is 0 Å². The molecule has 0 aromatic heterocycles. The fourth-order valence-corrected chi connectivity index (χ4v) is 4.30. The van der Waals surface area contributed by atoms with E-state index in [1.165, 1.54) is 11.0 Å². The van der Waals surface area contributed by atoms with Crippen LogP contribution in [0.5, 0.6) is 11.5 Å². The van der Waals surface area contributed by atoms with Crippen molar-refractivity contribution < 1.29 is 27.8 Å². The minimum absolute atomic E-state index is 0.107. The first-order chi connectivity index (χ1) is 16.2. The predicted molar refractivity (Wildman–Crippen MR) is 123 cm³/mol. The smallest absolute Gasteiger partial charge is 0.416 e. The molecule has 1 aliphatic heterocycles. The lowest BCUT2D eigenvalue weighted by Gasteiger charge is -2.38.